The molecule has 0 aliphatic carbocycles. The molecule has 2 aromatic rings. The van der Waals surface area contributed by atoms with E-state index in [9.17, 15) is 9.59 Å². The van der Waals surface area contributed by atoms with E-state index in [2.05, 4.69) is 10.3 Å². The maximum Gasteiger partial charge on any atom is 0.239 e. The number of amides is 2. The van der Waals surface area contributed by atoms with Crippen LogP contribution in [0.4, 0.5) is 11.5 Å². The van der Waals surface area contributed by atoms with E-state index in [0.29, 0.717) is 11.6 Å². The highest BCUT2D eigenvalue weighted by molar-refractivity contribution is 8.00. The molecule has 1 aliphatic heterocycles. The monoisotopic (exact) mass is 313 g/mol. The largest absolute Gasteiger partial charge is 0.326 e. The van der Waals surface area contributed by atoms with E-state index in [4.69, 9.17) is 0 Å². The number of benzene rings is 1. The number of nitrogens with zero attached hydrogens (tertiary/aromatic N) is 2. The number of carbonyl (C=O) groups excluding carboxylic acids is 2. The lowest BCUT2D eigenvalue weighted by Crippen LogP contribution is -2.28. The number of hydrogen-bond acceptors (Lipinski definition) is 4. The zero-order valence-corrected chi connectivity index (χ0v) is 12.8. The maximum atomic E-state index is 12.2. The van der Waals surface area contributed by atoms with E-state index in [1.165, 1.54) is 6.92 Å². The van der Waals surface area contributed by atoms with Gasteiger partial charge in [0.2, 0.25) is 11.8 Å². The van der Waals surface area contributed by atoms with Gasteiger partial charge in [0.15, 0.2) is 0 Å². The molecule has 1 fully saturated rings. The van der Waals surface area contributed by atoms with Crippen molar-refractivity contribution in [1.82, 2.24) is 4.98 Å². The standard InChI is InChI=1S/C16H15N3O2S/c1-11(20)18-13-7-5-12(6-8-13)16-19(15(21)10-22-16)14-4-2-3-9-17-14/h2-9,16H,10H2,1H3,(H,18,20). The second-order valence-corrected chi connectivity index (χ2v) is 5.99. The van der Waals surface area contributed by atoms with Gasteiger partial charge in [-0.05, 0) is 29.8 Å². The summed E-state index contributed by atoms with van der Waals surface area (Å²) < 4.78 is 0. The summed E-state index contributed by atoms with van der Waals surface area (Å²) in [6.07, 6.45) is 1.68. The van der Waals surface area contributed by atoms with Crippen LogP contribution in [0.15, 0.2) is 48.7 Å². The Hall–Kier alpha value is -2.34. The van der Waals surface area contributed by atoms with E-state index in [-0.39, 0.29) is 17.2 Å². The third-order valence-electron chi connectivity index (χ3n) is 3.28. The molecule has 2 heterocycles. The predicted molar refractivity (Wildman–Crippen MR) is 87.7 cm³/mol. The molecule has 5 nitrogen and oxygen atoms in total. The second-order valence-electron chi connectivity index (χ2n) is 4.92. The van der Waals surface area contributed by atoms with Gasteiger partial charge in [0.1, 0.15) is 11.2 Å². The van der Waals surface area contributed by atoms with Crippen LogP contribution >= 0.6 is 11.8 Å². The molecule has 0 spiro atoms. The number of anilines is 2. The van der Waals surface area contributed by atoms with E-state index < -0.39 is 0 Å². The molecule has 3 rings (SSSR count). The Bertz CT molecular complexity index is 688. The highest BCUT2D eigenvalue weighted by Gasteiger charge is 2.34. The number of hydrogen-bond donors (Lipinski definition) is 1. The highest BCUT2D eigenvalue weighted by atomic mass is 32.2. The lowest BCUT2D eigenvalue weighted by atomic mass is 10.2. The van der Waals surface area contributed by atoms with Gasteiger partial charge in [-0.25, -0.2) is 4.98 Å². The Labute approximate surface area is 132 Å². The average molecular weight is 313 g/mol. The Morgan fingerprint density at radius 1 is 1.27 bits per heavy atom. The van der Waals surface area contributed by atoms with Gasteiger partial charge in [-0.3, -0.25) is 14.5 Å². The number of thioether (sulfide) groups is 1. The normalized spacial score (nSPS) is 17.6. The molecule has 112 valence electrons. The van der Waals surface area contributed by atoms with Crippen LogP contribution in [0.1, 0.15) is 17.9 Å². The van der Waals surface area contributed by atoms with Crippen LogP contribution < -0.4 is 10.2 Å². The molecule has 6 heteroatoms. The van der Waals surface area contributed by atoms with E-state index in [1.54, 1.807) is 22.9 Å². The lowest BCUT2D eigenvalue weighted by molar-refractivity contribution is -0.116. The molecule has 1 aliphatic rings. The molecule has 0 bridgehead atoms. The first kappa shape index (κ1) is 14.6. The summed E-state index contributed by atoms with van der Waals surface area (Å²) in [5, 5.41) is 2.65. The van der Waals surface area contributed by atoms with Gasteiger partial charge >= 0.3 is 0 Å². The van der Waals surface area contributed by atoms with E-state index >= 15 is 0 Å². The van der Waals surface area contributed by atoms with Crippen molar-refractivity contribution in [2.24, 2.45) is 0 Å². The fraction of sp³-hybridized carbons (Fsp3) is 0.188. The van der Waals surface area contributed by atoms with Crippen molar-refractivity contribution >= 4 is 35.1 Å². The Balaban J connectivity index is 1.87. The molecule has 1 unspecified atom stereocenters. The molecule has 1 atom stereocenters. The molecule has 22 heavy (non-hydrogen) atoms. The Kier molecular flexibility index (Phi) is 4.11. The van der Waals surface area contributed by atoms with Crippen LogP contribution in [0.3, 0.4) is 0 Å². The maximum absolute atomic E-state index is 12.2. The first-order valence-corrected chi connectivity index (χ1v) is 7.92. The van der Waals surface area contributed by atoms with Crippen molar-refractivity contribution in [2.45, 2.75) is 12.3 Å². The van der Waals surface area contributed by atoms with Crippen molar-refractivity contribution in [3.63, 3.8) is 0 Å². The molecule has 0 saturated carbocycles. The van der Waals surface area contributed by atoms with Crippen molar-refractivity contribution in [3.8, 4) is 0 Å². The van der Waals surface area contributed by atoms with Crippen LogP contribution in [0.2, 0.25) is 0 Å². The van der Waals surface area contributed by atoms with E-state index in [0.717, 1.165) is 11.3 Å². The van der Waals surface area contributed by atoms with Crippen LogP contribution in [0.25, 0.3) is 0 Å². The van der Waals surface area contributed by atoms with Crippen molar-refractivity contribution in [2.75, 3.05) is 16.0 Å². The fourth-order valence-electron chi connectivity index (χ4n) is 2.35. The second kappa shape index (κ2) is 6.19. The van der Waals surface area contributed by atoms with Crippen LogP contribution in [0.5, 0.6) is 0 Å². The third kappa shape index (κ3) is 2.96. The summed E-state index contributed by atoms with van der Waals surface area (Å²) in [7, 11) is 0. The van der Waals surface area contributed by atoms with E-state index in [1.807, 2.05) is 42.5 Å². The highest BCUT2D eigenvalue weighted by Crippen LogP contribution is 2.41. The fourth-order valence-corrected chi connectivity index (χ4v) is 3.51. The van der Waals surface area contributed by atoms with Crippen molar-refractivity contribution in [1.29, 1.82) is 0 Å². The number of nitrogens with one attached hydrogen (secondary N) is 1. The molecule has 1 aromatic heterocycles. The molecule has 1 aromatic carbocycles. The first-order valence-electron chi connectivity index (χ1n) is 6.87. The quantitative estimate of drug-likeness (QED) is 0.946. The molecule has 2 amide bonds. The summed E-state index contributed by atoms with van der Waals surface area (Å²) in [6.45, 7) is 1.47. The van der Waals surface area contributed by atoms with Gasteiger partial charge in [-0.15, -0.1) is 11.8 Å². The minimum Gasteiger partial charge on any atom is -0.326 e. The molecule has 1 saturated heterocycles. The summed E-state index contributed by atoms with van der Waals surface area (Å²) in [5.74, 6) is 1.05. The predicted octanol–water partition coefficient (Wildman–Crippen LogP) is 2.82. The molecular formula is C16H15N3O2S. The number of carbonyl (C=O) groups is 2. The average Bonchev–Trinajstić information content (AvgIpc) is 2.90. The summed E-state index contributed by atoms with van der Waals surface area (Å²) >= 11 is 1.58. The molecular weight excluding hydrogens is 298 g/mol. The van der Waals surface area contributed by atoms with Gasteiger partial charge in [0.25, 0.3) is 0 Å². The van der Waals surface area contributed by atoms with Gasteiger partial charge in [-0.1, -0.05) is 18.2 Å². The smallest absolute Gasteiger partial charge is 0.239 e. The minimum absolute atomic E-state index is 0.0552. The first-order chi connectivity index (χ1) is 10.6. The SMILES string of the molecule is CC(=O)Nc1ccc(C2SCC(=O)N2c2ccccn2)cc1. The third-order valence-corrected chi connectivity index (χ3v) is 4.49. The molecule has 0 radical (unpaired) electrons. The minimum atomic E-state index is -0.103. The zero-order chi connectivity index (χ0) is 15.5. The van der Waals surface area contributed by atoms with Gasteiger partial charge in [0, 0.05) is 18.8 Å². The van der Waals surface area contributed by atoms with Crippen molar-refractivity contribution in [3.05, 3.63) is 54.2 Å². The number of pyridine rings is 1. The van der Waals surface area contributed by atoms with Crippen molar-refractivity contribution < 1.29 is 9.59 Å². The topological polar surface area (TPSA) is 62.3 Å². The Morgan fingerprint density at radius 2 is 2.05 bits per heavy atom. The number of rotatable bonds is 3. The van der Waals surface area contributed by atoms with Gasteiger partial charge in [-0.2, -0.15) is 0 Å². The summed E-state index contributed by atoms with van der Waals surface area (Å²) in [6, 6.07) is 13.1. The Morgan fingerprint density at radius 3 is 2.68 bits per heavy atom. The lowest BCUT2D eigenvalue weighted by Gasteiger charge is -2.23. The zero-order valence-electron chi connectivity index (χ0n) is 12.0. The summed E-state index contributed by atoms with van der Waals surface area (Å²) in [5.41, 5.74) is 1.76. The van der Waals surface area contributed by atoms with Crippen LogP contribution in [0, 0.1) is 0 Å². The molecule has 1 N–H and O–H groups in total. The van der Waals surface area contributed by atoms with Gasteiger partial charge in [0.05, 0.1) is 5.75 Å². The van der Waals surface area contributed by atoms with Crippen LogP contribution in [-0.2, 0) is 9.59 Å². The summed E-state index contributed by atoms with van der Waals surface area (Å²) in [4.78, 5) is 29.2. The van der Waals surface area contributed by atoms with Gasteiger partial charge < -0.3 is 5.32 Å². The number of aromatic nitrogens is 1. The van der Waals surface area contributed by atoms with Crippen LogP contribution in [-0.4, -0.2) is 22.6 Å².